The van der Waals surface area contributed by atoms with Crippen molar-refractivity contribution in [2.75, 3.05) is 53.1 Å². The normalized spacial score (nSPS) is 24.3. The number of likely N-dealkylation sites (N-methyl/N-ethyl adjacent to an activating group) is 1. The Bertz CT molecular complexity index is 258. The Morgan fingerprint density at radius 3 is 2.65 bits per heavy atom. The summed E-state index contributed by atoms with van der Waals surface area (Å²) in [6.45, 7) is 15.2. The third-order valence-electron chi connectivity index (χ3n) is 3.82. The molecule has 0 aromatic heterocycles. The molecule has 1 aliphatic rings. The minimum atomic E-state index is 0.161. The first kappa shape index (κ1) is 17.9. The molecule has 1 atom stereocenters. The van der Waals surface area contributed by atoms with E-state index < -0.39 is 0 Å². The van der Waals surface area contributed by atoms with Crippen LogP contribution in [0.1, 0.15) is 40.5 Å². The number of ether oxygens (including phenoxy) is 2. The summed E-state index contributed by atoms with van der Waals surface area (Å²) in [6.07, 6.45) is 2.42. The van der Waals surface area contributed by atoms with Crippen LogP contribution in [0.5, 0.6) is 0 Å². The number of nitrogens with one attached hydrogen (secondary N) is 1. The molecule has 1 heterocycles. The molecule has 0 saturated carbocycles. The smallest absolute Gasteiger partial charge is 0.0593 e. The van der Waals surface area contributed by atoms with Crippen molar-refractivity contribution in [3.63, 3.8) is 0 Å². The highest BCUT2D eigenvalue weighted by Crippen LogP contribution is 2.29. The highest BCUT2D eigenvalue weighted by atomic mass is 16.5. The highest BCUT2D eigenvalue weighted by molar-refractivity contribution is 4.89. The van der Waals surface area contributed by atoms with E-state index in [9.17, 15) is 0 Å². The van der Waals surface area contributed by atoms with Crippen molar-refractivity contribution >= 4 is 0 Å². The first-order valence-corrected chi connectivity index (χ1v) is 7.96. The van der Waals surface area contributed by atoms with Gasteiger partial charge in [0, 0.05) is 43.8 Å². The van der Waals surface area contributed by atoms with E-state index in [2.05, 4.69) is 38.0 Å². The Morgan fingerprint density at radius 2 is 2.10 bits per heavy atom. The van der Waals surface area contributed by atoms with Crippen molar-refractivity contribution in [2.24, 2.45) is 5.41 Å². The van der Waals surface area contributed by atoms with Crippen molar-refractivity contribution in [3.05, 3.63) is 0 Å². The second kappa shape index (κ2) is 8.32. The lowest BCUT2D eigenvalue weighted by molar-refractivity contribution is -0.0281. The van der Waals surface area contributed by atoms with Crippen LogP contribution in [0, 0.1) is 5.41 Å². The lowest BCUT2D eigenvalue weighted by atomic mass is 9.81. The molecule has 1 saturated heterocycles. The fourth-order valence-corrected chi connectivity index (χ4v) is 2.70. The van der Waals surface area contributed by atoms with Gasteiger partial charge in [-0.05, 0) is 47.6 Å². The molecular formula is C16H34N2O2. The van der Waals surface area contributed by atoms with Crippen LogP contribution < -0.4 is 5.32 Å². The van der Waals surface area contributed by atoms with Gasteiger partial charge in [-0.3, -0.25) is 0 Å². The Kier molecular flexibility index (Phi) is 7.45. The quantitative estimate of drug-likeness (QED) is 0.693. The zero-order chi connectivity index (χ0) is 15.1. The van der Waals surface area contributed by atoms with Crippen molar-refractivity contribution in [2.45, 2.75) is 46.1 Å². The van der Waals surface area contributed by atoms with E-state index in [1.54, 1.807) is 0 Å². The fraction of sp³-hybridized carbons (Fsp3) is 1.00. The lowest BCUT2D eigenvalue weighted by Crippen LogP contribution is -2.52. The molecule has 0 aliphatic carbocycles. The van der Waals surface area contributed by atoms with Gasteiger partial charge in [0.05, 0.1) is 13.2 Å². The summed E-state index contributed by atoms with van der Waals surface area (Å²) in [5, 5.41) is 3.67. The molecule has 0 aromatic carbocycles. The Morgan fingerprint density at radius 1 is 1.35 bits per heavy atom. The van der Waals surface area contributed by atoms with E-state index in [0.717, 1.165) is 46.1 Å². The number of rotatable bonds is 8. The molecule has 0 bridgehead atoms. The standard InChI is InChI=1S/C16H34N2O2/c1-6-19-11-9-18(5)13-16(8-7-10-20-14-16)12-17-15(2,3)4/h17H,6-14H2,1-5H3. The largest absolute Gasteiger partial charge is 0.381 e. The third kappa shape index (κ3) is 7.02. The van der Waals surface area contributed by atoms with Crippen LogP contribution in [0.2, 0.25) is 0 Å². The summed E-state index contributed by atoms with van der Waals surface area (Å²) in [5.74, 6) is 0. The summed E-state index contributed by atoms with van der Waals surface area (Å²) in [4.78, 5) is 2.38. The van der Waals surface area contributed by atoms with Gasteiger partial charge in [0.2, 0.25) is 0 Å². The Balaban J connectivity index is 2.49. The van der Waals surface area contributed by atoms with Crippen LogP contribution in [0.4, 0.5) is 0 Å². The SMILES string of the molecule is CCOCCN(C)CC1(CNC(C)(C)C)CCCOC1. The first-order valence-electron chi connectivity index (χ1n) is 7.96. The highest BCUT2D eigenvalue weighted by Gasteiger charge is 2.34. The third-order valence-corrected chi connectivity index (χ3v) is 3.82. The summed E-state index contributed by atoms with van der Waals surface area (Å²) in [6, 6.07) is 0. The Labute approximate surface area is 125 Å². The average molecular weight is 286 g/mol. The maximum absolute atomic E-state index is 5.78. The van der Waals surface area contributed by atoms with Gasteiger partial charge in [0.25, 0.3) is 0 Å². The molecule has 1 N–H and O–H groups in total. The van der Waals surface area contributed by atoms with Gasteiger partial charge >= 0.3 is 0 Å². The maximum Gasteiger partial charge on any atom is 0.0593 e. The monoisotopic (exact) mass is 286 g/mol. The van der Waals surface area contributed by atoms with E-state index in [4.69, 9.17) is 9.47 Å². The Hall–Kier alpha value is -0.160. The second-order valence-electron chi connectivity index (χ2n) is 7.19. The van der Waals surface area contributed by atoms with Crippen molar-refractivity contribution in [1.29, 1.82) is 0 Å². The molecule has 1 rings (SSSR count). The second-order valence-corrected chi connectivity index (χ2v) is 7.19. The van der Waals surface area contributed by atoms with E-state index in [1.807, 2.05) is 6.92 Å². The number of nitrogens with zero attached hydrogens (tertiary/aromatic N) is 1. The van der Waals surface area contributed by atoms with Gasteiger partial charge in [0.15, 0.2) is 0 Å². The molecule has 1 aliphatic heterocycles. The zero-order valence-corrected chi connectivity index (χ0v) is 14.1. The lowest BCUT2D eigenvalue weighted by Gasteiger charge is -2.41. The number of hydrogen-bond acceptors (Lipinski definition) is 4. The predicted molar refractivity (Wildman–Crippen MR) is 84.2 cm³/mol. The molecule has 4 nitrogen and oxygen atoms in total. The van der Waals surface area contributed by atoms with Crippen LogP contribution in [0.3, 0.4) is 0 Å². The minimum Gasteiger partial charge on any atom is -0.381 e. The molecule has 0 radical (unpaired) electrons. The number of hydrogen-bond donors (Lipinski definition) is 1. The molecule has 0 amide bonds. The van der Waals surface area contributed by atoms with Gasteiger partial charge in [-0.1, -0.05) is 0 Å². The van der Waals surface area contributed by atoms with E-state index in [-0.39, 0.29) is 11.0 Å². The molecule has 4 heteroatoms. The molecule has 1 fully saturated rings. The van der Waals surface area contributed by atoms with Gasteiger partial charge in [-0.2, -0.15) is 0 Å². The topological polar surface area (TPSA) is 33.7 Å². The van der Waals surface area contributed by atoms with Crippen molar-refractivity contribution < 1.29 is 9.47 Å². The van der Waals surface area contributed by atoms with E-state index in [1.165, 1.54) is 12.8 Å². The summed E-state index contributed by atoms with van der Waals surface area (Å²) in [7, 11) is 2.19. The summed E-state index contributed by atoms with van der Waals surface area (Å²) in [5.41, 5.74) is 0.404. The van der Waals surface area contributed by atoms with Crippen LogP contribution in [0.15, 0.2) is 0 Å². The molecular weight excluding hydrogens is 252 g/mol. The fourth-order valence-electron chi connectivity index (χ4n) is 2.70. The maximum atomic E-state index is 5.78. The molecule has 120 valence electrons. The predicted octanol–water partition coefficient (Wildman–Crippen LogP) is 2.14. The molecule has 0 spiro atoms. The van der Waals surface area contributed by atoms with Crippen LogP contribution >= 0.6 is 0 Å². The van der Waals surface area contributed by atoms with Crippen LogP contribution in [0.25, 0.3) is 0 Å². The first-order chi connectivity index (χ1) is 9.37. The molecule has 1 unspecified atom stereocenters. The van der Waals surface area contributed by atoms with Gasteiger partial charge < -0.3 is 19.7 Å². The minimum absolute atomic E-state index is 0.161. The van der Waals surface area contributed by atoms with Gasteiger partial charge in [0.1, 0.15) is 0 Å². The van der Waals surface area contributed by atoms with Crippen molar-refractivity contribution in [3.8, 4) is 0 Å². The van der Waals surface area contributed by atoms with Crippen molar-refractivity contribution in [1.82, 2.24) is 10.2 Å². The summed E-state index contributed by atoms with van der Waals surface area (Å²) < 4.78 is 11.2. The van der Waals surface area contributed by atoms with Crippen LogP contribution in [-0.2, 0) is 9.47 Å². The van der Waals surface area contributed by atoms with Crippen LogP contribution in [-0.4, -0.2) is 63.5 Å². The average Bonchev–Trinajstić information content (AvgIpc) is 2.37. The molecule has 0 aromatic rings. The molecule has 20 heavy (non-hydrogen) atoms. The zero-order valence-electron chi connectivity index (χ0n) is 14.1. The summed E-state index contributed by atoms with van der Waals surface area (Å²) >= 11 is 0. The van der Waals surface area contributed by atoms with Gasteiger partial charge in [-0.25, -0.2) is 0 Å². The van der Waals surface area contributed by atoms with E-state index in [0.29, 0.717) is 0 Å². The van der Waals surface area contributed by atoms with E-state index >= 15 is 0 Å². The van der Waals surface area contributed by atoms with Gasteiger partial charge in [-0.15, -0.1) is 0 Å².